The third kappa shape index (κ3) is 2.83. The van der Waals surface area contributed by atoms with Gasteiger partial charge in [0.2, 0.25) is 0 Å². The Balaban J connectivity index is 1.96. The second kappa shape index (κ2) is 6.34. The number of nitrogens with zero attached hydrogens (tertiary/aromatic N) is 4. The number of nitrogens with one attached hydrogen (secondary N) is 1. The maximum absolute atomic E-state index is 12.6. The number of carbonyl (C=O) groups excluding carboxylic acids is 1. The first-order valence-corrected chi connectivity index (χ1v) is 8.29. The van der Waals surface area contributed by atoms with Gasteiger partial charge in [-0.2, -0.15) is 4.68 Å². The zero-order chi connectivity index (χ0) is 14.7. The van der Waals surface area contributed by atoms with Crippen LogP contribution >= 0.6 is 11.3 Å². The molecule has 0 fully saturated rings. The monoisotopic (exact) mass is 305 g/mol. The van der Waals surface area contributed by atoms with E-state index < -0.39 is 0 Å². The molecule has 0 atom stereocenters. The molecule has 2 aromatic heterocycles. The van der Waals surface area contributed by atoms with E-state index in [1.807, 2.05) is 0 Å². The van der Waals surface area contributed by atoms with E-state index in [0.29, 0.717) is 0 Å². The summed E-state index contributed by atoms with van der Waals surface area (Å²) in [6.45, 7) is 2.83. The van der Waals surface area contributed by atoms with Gasteiger partial charge in [0.15, 0.2) is 0 Å². The molecule has 0 radical (unpaired) electrons. The van der Waals surface area contributed by atoms with Crippen LogP contribution in [0.15, 0.2) is 6.33 Å². The zero-order valence-corrected chi connectivity index (χ0v) is 12.9. The van der Waals surface area contributed by atoms with Gasteiger partial charge in [0.1, 0.15) is 11.3 Å². The first kappa shape index (κ1) is 14.2. The van der Waals surface area contributed by atoms with E-state index >= 15 is 0 Å². The second-order valence-electron chi connectivity index (χ2n) is 5.25. The minimum absolute atomic E-state index is 0.00773. The van der Waals surface area contributed by atoms with Gasteiger partial charge < -0.3 is 5.32 Å². The van der Waals surface area contributed by atoms with Crippen LogP contribution in [-0.4, -0.2) is 32.7 Å². The first-order chi connectivity index (χ1) is 10.3. The zero-order valence-electron chi connectivity index (χ0n) is 12.1. The Morgan fingerprint density at radius 3 is 3.05 bits per heavy atom. The van der Waals surface area contributed by atoms with Crippen LogP contribution in [0.4, 0.5) is 0 Å². The van der Waals surface area contributed by atoms with Crippen molar-refractivity contribution < 1.29 is 4.79 Å². The number of hydrogen-bond donors (Lipinski definition) is 1. The number of amides is 1. The van der Waals surface area contributed by atoms with Crippen molar-refractivity contribution in [3.8, 4) is 5.00 Å². The molecule has 1 aliphatic carbocycles. The summed E-state index contributed by atoms with van der Waals surface area (Å²) in [6.07, 6.45) is 8.00. The highest BCUT2D eigenvalue weighted by Crippen LogP contribution is 2.36. The van der Waals surface area contributed by atoms with Crippen molar-refractivity contribution in [3.05, 3.63) is 22.3 Å². The lowest BCUT2D eigenvalue weighted by atomic mass is 9.95. The number of thiophene rings is 1. The average molecular weight is 305 g/mol. The van der Waals surface area contributed by atoms with E-state index in [4.69, 9.17) is 0 Å². The molecule has 1 aliphatic rings. The van der Waals surface area contributed by atoms with Crippen molar-refractivity contribution in [3.63, 3.8) is 0 Å². The van der Waals surface area contributed by atoms with Crippen molar-refractivity contribution in [2.45, 2.75) is 45.4 Å². The minimum atomic E-state index is 0.00773. The fraction of sp³-hybridized carbons (Fsp3) is 0.571. The maximum atomic E-state index is 12.6. The van der Waals surface area contributed by atoms with Crippen LogP contribution in [0.3, 0.4) is 0 Å². The van der Waals surface area contributed by atoms with Gasteiger partial charge >= 0.3 is 0 Å². The standard InChI is InChI=1S/C14H19N5OS/c1-2-3-8-15-13(20)12-10-6-4-5-7-11(10)21-14(12)19-9-16-17-18-19/h9H,2-8H2,1H3,(H,15,20). The molecule has 0 saturated heterocycles. The fourth-order valence-corrected chi connectivity index (χ4v) is 3.97. The molecule has 6 nitrogen and oxygen atoms in total. The lowest BCUT2D eigenvalue weighted by Gasteiger charge is -2.12. The molecule has 7 heteroatoms. The molecule has 0 unspecified atom stereocenters. The van der Waals surface area contributed by atoms with E-state index in [9.17, 15) is 4.79 Å². The number of carbonyl (C=O) groups is 1. The van der Waals surface area contributed by atoms with Crippen LogP contribution in [0.2, 0.25) is 0 Å². The van der Waals surface area contributed by atoms with E-state index in [2.05, 4.69) is 27.8 Å². The average Bonchev–Trinajstić information content (AvgIpc) is 3.14. The summed E-state index contributed by atoms with van der Waals surface area (Å²) in [4.78, 5) is 13.9. The summed E-state index contributed by atoms with van der Waals surface area (Å²) in [5.41, 5.74) is 1.98. The Kier molecular flexibility index (Phi) is 4.28. The van der Waals surface area contributed by atoms with Crippen LogP contribution < -0.4 is 5.32 Å². The molecule has 0 aliphatic heterocycles. The van der Waals surface area contributed by atoms with E-state index in [0.717, 1.165) is 49.2 Å². The Labute approximate surface area is 127 Å². The molecule has 0 bridgehead atoms. The summed E-state index contributed by atoms with van der Waals surface area (Å²) in [5, 5.41) is 15.2. The van der Waals surface area contributed by atoms with Crippen LogP contribution in [-0.2, 0) is 12.8 Å². The molecule has 1 N–H and O–H groups in total. The van der Waals surface area contributed by atoms with Gasteiger partial charge in [-0.15, -0.1) is 16.4 Å². The first-order valence-electron chi connectivity index (χ1n) is 7.47. The largest absolute Gasteiger partial charge is 0.352 e. The van der Waals surface area contributed by atoms with Crippen LogP contribution in [0.1, 0.15) is 53.4 Å². The molecule has 21 heavy (non-hydrogen) atoms. The third-order valence-electron chi connectivity index (χ3n) is 3.75. The number of rotatable bonds is 5. The quantitative estimate of drug-likeness (QED) is 0.859. The smallest absolute Gasteiger partial charge is 0.254 e. The van der Waals surface area contributed by atoms with Gasteiger partial charge in [-0.25, -0.2) is 0 Å². The second-order valence-corrected chi connectivity index (χ2v) is 6.34. The van der Waals surface area contributed by atoms with E-state index in [1.54, 1.807) is 22.3 Å². The normalized spacial score (nSPS) is 14.0. The Bertz CT molecular complexity index is 620. The summed E-state index contributed by atoms with van der Waals surface area (Å²) in [5.74, 6) is 0.00773. The van der Waals surface area contributed by atoms with E-state index in [1.165, 1.54) is 16.9 Å². The SMILES string of the molecule is CCCCNC(=O)c1c(-n2cnnn2)sc2c1CCCC2. The number of fused-ring (bicyclic) bond motifs is 1. The number of hydrogen-bond acceptors (Lipinski definition) is 5. The van der Waals surface area contributed by atoms with E-state index in [-0.39, 0.29) is 5.91 Å². The number of unbranched alkanes of at least 4 members (excludes halogenated alkanes) is 1. The number of aryl methyl sites for hydroxylation is 1. The molecule has 0 spiro atoms. The summed E-state index contributed by atoms with van der Waals surface area (Å²) >= 11 is 1.65. The van der Waals surface area contributed by atoms with Crippen LogP contribution in [0.5, 0.6) is 0 Å². The van der Waals surface area contributed by atoms with Gasteiger partial charge in [-0.3, -0.25) is 4.79 Å². The molecule has 112 valence electrons. The molecule has 0 aromatic carbocycles. The molecule has 2 aromatic rings. The Hall–Kier alpha value is -1.76. The highest BCUT2D eigenvalue weighted by Gasteiger charge is 2.26. The van der Waals surface area contributed by atoms with Crippen molar-refractivity contribution in [1.29, 1.82) is 0 Å². The number of tetrazole rings is 1. The minimum Gasteiger partial charge on any atom is -0.352 e. The number of aromatic nitrogens is 4. The van der Waals surface area contributed by atoms with Crippen molar-refractivity contribution in [2.24, 2.45) is 0 Å². The summed E-state index contributed by atoms with van der Waals surface area (Å²) < 4.78 is 1.61. The topological polar surface area (TPSA) is 72.7 Å². The van der Waals surface area contributed by atoms with Crippen molar-refractivity contribution in [1.82, 2.24) is 25.5 Å². The van der Waals surface area contributed by atoms with Crippen molar-refractivity contribution >= 4 is 17.2 Å². The molecular formula is C14H19N5OS. The Morgan fingerprint density at radius 1 is 1.43 bits per heavy atom. The molecule has 3 rings (SSSR count). The molecular weight excluding hydrogens is 286 g/mol. The van der Waals surface area contributed by atoms with Crippen LogP contribution in [0.25, 0.3) is 5.00 Å². The predicted octanol–water partition coefficient (Wildman–Crippen LogP) is 2.13. The van der Waals surface area contributed by atoms with Gasteiger partial charge in [0.05, 0.1) is 5.56 Å². The highest BCUT2D eigenvalue weighted by atomic mass is 32.1. The van der Waals surface area contributed by atoms with Crippen LogP contribution in [0, 0.1) is 0 Å². The lowest BCUT2D eigenvalue weighted by molar-refractivity contribution is 0.0952. The lowest BCUT2D eigenvalue weighted by Crippen LogP contribution is -2.26. The third-order valence-corrected chi connectivity index (χ3v) is 5.03. The summed E-state index contributed by atoms with van der Waals surface area (Å²) in [7, 11) is 0. The fourth-order valence-electron chi connectivity index (χ4n) is 2.67. The maximum Gasteiger partial charge on any atom is 0.254 e. The summed E-state index contributed by atoms with van der Waals surface area (Å²) in [6, 6.07) is 0. The predicted molar refractivity (Wildman–Crippen MR) is 80.9 cm³/mol. The highest BCUT2D eigenvalue weighted by molar-refractivity contribution is 7.15. The van der Waals surface area contributed by atoms with Gasteiger partial charge in [-0.05, 0) is 48.1 Å². The van der Waals surface area contributed by atoms with Gasteiger partial charge in [0.25, 0.3) is 5.91 Å². The molecule has 2 heterocycles. The Morgan fingerprint density at radius 2 is 2.29 bits per heavy atom. The molecule has 1 amide bonds. The molecule has 0 saturated carbocycles. The van der Waals surface area contributed by atoms with Gasteiger partial charge in [-0.1, -0.05) is 13.3 Å². The van der Waals surface area contributed by atoms with Gasteiger partial charge in [0, 0.05) is 11.4 Å². The van der Waals surface area contributed by atoms with Crippen molar-refractivity contribution in [2.75, 3.05) is 6.54 Å².